The van der Waals surface area contributed by atoms with Crippen LogP contribution in [0.25, 0.3) is 10.9 Å². The summed E-state index contributed by atoms with van der Waals surface area (Å²) >= 11 is 0. The lowest BCUT2D eigenvalue weighted by atomic mass is 10.0. The van der Waals surface area contributed by atoms with Gasteiger partial charge < -0.3 is 25.2 Å². The molecule has 0 fully saturated rings. The lowest BCUT2D eigenvalue weighted by Crippen LogP contribution is -2.43. The van der Waals surface area contributed by atoms with Gasteiger partial charge in [-0.1, -0.05) is 48.5 Å². The van der Waals surface area contributed by atoms with Crippen LogP contribution in [0, 0.1) is 0 Å². The van der Waals surface area contributed by atoms with E-state index in [4.69, 9.17) is 14.9 Å². The van der Waals surface area contributed by atoms with E-state index in [1.165, 1.54) is 6.26 Å². The van der Waals surface area contributed by atoms with Crippen LogP contribution >= 0.6 is 0 Å². The first kappa shape index (κ1) is 21.3. The molecule has 0 aliphatic rings. The summed E-state index contributed by atoms with van der Waals surface area (Å²) in [4.78, 5) is 33.0. The van der Waals surface area contributed by atoms with Crippen LogP contribution in [0.1, 0.15) is 40.5 Å². The molecule has 4 aromatic rings. The molecule has 164 valence electrons. The molecule has 2 heterocycles. The van der Waals surface area contributed by atoms with E-state index in [9.17, 15) is 9.59 Å². The molecule has 4 N–H and O–H groups in total. The Bertz CT molecular complexity index is 1210. The average molecular weight is 432 g/mol. The fourth-order valence-corrected chi connectivity index (χ4v) is 3.38. The van der Waals surface area contributed by atoms with Crippen molar-refractivity contribution in [3.63, 3.8) is 0 Å². The number of fused-ring (bicyclic) bond motifs is 1. The maximum absolute atomic E-state index is 12.9. The highest BCUT2D eigenvalue weighted by atomic mass is 16.5. The highest BCUT2D eigenvalue weighted by molar-refractivity contribution is 5.95. The maximum Gasteiger partial charge on any atom is 0.329 e. The molecular weight excluding hydrogens is 408 g/mol. The summed E-state index contributed by atoms with van der Waals surface area (Å²) in [6, 6.07) is 15.8. The molecule has 2 aromatic heterocycles. The normalized spacial score (nSPS) is 12.9. The number of oxazole rings is 1. The molecule has 0 aliphatic heterocycles. The third-order valence-electron chi connectivity index (χ3n) is 5.06. The van der Waals surface area contributed by atoms with Crippen molar-refractivity contribution in [3.05, 3.63) is 89.8 Å². The van der Waals surface area contributed by atoms with Crippen LogP contribution in [0.15, 0.2) is 71.5 Å². The Morgan fingerprint density at radius 3 is 2.66 bits per heavy atom. The number of ether oxygens (including phenoxy) is 1. The summed E-state index contributed by atoms with van der Waals surface area (Å²) in [7, 11) is 0. The molecule has 0 saturated carbocycles. The molecule has 4 rings (SSSR count). The number of aromatic amines is 1. The molecule has 1 amide bonds. The van der Waals surface area contributed by atoms with Gasteiger partial charge in [0.25, 0.3) is 5.91 Å². The van der Waals surface area contributed by atoms with E-state index in [1.54, 1.807) is 6.92 Å². The molecule has 2 atom stereocenters. The van der Waals surface area contributed by atoms with E-state index in [1.807, 2.05) is 60.8 Å². The molecule has 0 saturated heterocycles. The van der Waals surface area contributed by atoms with Crippen molar-refractivity contribution < 1.29 is 18.7 Å². The quantitative estimate of drug-likeness (QED) is 0.367. The lowest BCUT2D eigenvalue weighted by Gasteiger charge is -2.17. The summed E-state index contributed by atoms with van der Waals surface area (Å²) in [5, 5.41) is 3.71. The number of carbonyl (C=O) groups excluding carboxylic acids is 2. The van der Waals surface area contributed by atoms with E-state index in [0.29, 0.717) is 0 Å². The summed E-state index contributed by atoms with van der Waals surface area (Å²) in [5.74, 6) is -0.833. The smallest absolute Gasteiger partial charge is 0.329 e. The van der Waals surface area contributed by atoms with Crippen molar-refractivity contribution in [3.8, 4) is 0 Å². The number of benzene rings is 2. The van der Waals surface area contributed by atoms with E-state index in [0.717, 1.165) is 22.0 Å². The lowest BCUT2D eigenvalue weighted by molar-refractivity contribution is -0.147. The minimum Gasteiger partial charge on any atom is -0.459 e. The maximum atomic E-state index is 12.9. The Hall–Kier alpha value is -3.91. The summed E-state index contributed by atoms with van der Waals surface area (Å²) in [6.07, 6.45) is 3.31. The highest BCUT2D eigenvalue weighted by Gasteiger charge is 2.26. The first-order valence-electron chi connectivity index (χ1n) is 10.3. The number of amides is 1. The van der Waals surface area contributed by atoms with Crippen LogP contribution in [0.3, 0.4) is 0 Å². The topological polar surface area (TPSA) is 123 Å². The number of H-pyrrole nitrogens is 1. The van der Waals surface area contributed by atoms with Crippen LogP contribution in [0.5, 0.6) is 0 Å². The first-order valence-corrected chi connectivity index (χ1v) is 10.3. The number of rotatable bonds is 8. The van der Waals surface area contributed by atoms with Gasteiger partial charge in [0.1, 0.15) is 18.9 Å². The van der Waals surface area contributed by atoms with Crippen LogP contribution in [0.4, 0.5) is 0 Å². The Morgan fingerprint density at radius 2 is 1.91 bits per heavy atom. The number of hydrogen-bond acceptors (Lipinski definition) is 6. The molecule has 0 radical (unpaired) electrons. The van der Waals surface area contributed by atoms with Gasteiger partial charge in [-0.15, -0.1) is 0 Å². The third kappa shape index (κ3) is 4.87. The standard InChI is InChI=1S/C24H24N4O4/c1-15(25)23-28-21(14-31-23)22(29)27-20(24(30)32-13-16-7-3-2-4-8-16)11-17-12-26-19-10-6-5-9-18(17)19/h2-10,12,14-15,20,26H,11,13,25H2,1H3,(H,27,29). The van der Waals surface area contributed by atoms with Crippen molar-refractivity contribution >= 4 is 22.8 Å². The second kappa shape index (κ2) is 9.49. The van der Waals surface area contributed by atoms with Crippen molar-refractivity contribution in [2.75, 3.05) is 0 Å². The number of carbonyl (C=O) groups is 2. The van der Waals surface area contributed by atoms with Gasteiger partial charge in [0.05, 0.1) is 6.04 Å². The molecular formula is C24H24N4O4. The highest BCUT2D eigenvalue weighted by Crippen LogP contribution is 2.20. The van der Waals surface area contributed by atoms with E-state index in [-0.39, 0.29) is 24.6 Å². The summed E-state index contributed by atoms with van der Waals surface area (Å²) < 4.78 is 10.7. The van der Waals surface area contributed by atoms with Crippen LogP contribution in [-0.4, -0.2) is 27.9 Å². The van der Waals surface area contributed by atoms with Crippen LogP contribution < -0.4 is 11.1 Å². The number of nitrogens with one attached hydrogen (secondary N) is 2. The molecule has 32 heavy (non-hydrogen) atoms. The Labute approximate surface area is 184 Å². The van der Waals surface area contributed by atoms with Gasteiger partial charge in [-0.25, -0.2) is 9.78 Å². The molecule has 2 unspecified atom stereocenters. The monoisotopic (exact) mass is 432 g/mol. The predicted octanol–water partition coefficient (Wildman–Crippen LogP) is 3.26. The minimum absolute atomic E-state index is 0.0529. The Balaban J connectivity index is 1.53. The van der Waals surface area contributed by atoms with Gasteiger partial charge in [0.15, 0.2) is 5.69 Å². The zero-order chi connectivity index (χ0) is 22.5. The van der Waals surface area contributed by atoms with E-state index < -0.39 is 24.0 Å². The van der Waals surface area contributed by atoms with Gasteiger partial charge >= 0.3 is 5.97 Å². The zero-order valence-electron chi connectivity index (χ0n) is 17.6. The van der Waals surface area contributed by atoms with Crippen molar-refractivity contribution in [1.29, 1.82) is 0 Å². The SMILES string of the molecule is CC(N)c1nc(C(=O)NC(Cc2c[nH]c3ccccc23)C(=O)OCc2ccccc2)co1. The largest absolute Gasteiger partial charge is 0.459 e. The molecule has 8 heteroatoms. The number of nitrogens with zero attached hydrogens (tertiary/aromatic N) is 1. The number of para-hydroxylation sites is 1. The fraction of sp³-hybridized carbons (Fsp3) is 0.208. The Morgan fingerprint density at radius 1 is 1.16 bits per heavy atom. The van der Waals surface area contributed by atoms with Crippen LogP contribution in [-0.2, 0) is 22.6 Å². The summed E-state index contributed by atoms with van der Waals surface area (Å²) in [5.41, 5.74) is 8.49. The summed E-state index contributed by atoms with van der Waals surface area (Å²) in [6.45, 7) is 1.81. The molecule has 8 nitrogen and oxygen atoms in total. The molecule has 0 spiro atoms. The number of esters is 1. The second-order valence-electron chi connectivity index (χ2n) is 7.54. The molecule has 0 aliphatic carbocycles. The van der Waals surface area contributed by atoms with Gasteiger partial charge in [0, 0.05) is 23.5 Å². The fourth-order valence-electron chi connectivity index (χ4n) is 3.38. The van der Waals surface area contributed by atoms with Gasteiger partial charge in [-0.2, -0.15) is 0 Å². The van der Waals surface area contributed by atoms with Crippen molar-refractivity contribution in [2.45, 2.75) is 32.0 Å². The van der Waals surface area contributed by atoms with E-state index >= 15 is 0 Å². The predicted molar refractivity (Wildman–Crippen MR) is 119 cm³/mol. The minimum atomic E-state index is -0.916. The average Bonchev–Trinajstić information content (AvgIpc) is 3.46. The molecule has 2 aromatic carbocycles. The van der Waals surface area contributed by atoms with E-state index in [2.05, 4.69) is 15.3 Å². The van der Waals surface area contributed by atoms with Gasteiger partial charge in [-0.05, 0) is 24.1 Å². The molecule has 0 bridgehead atoms. The van der Waals surface area contributed by atoms with Crippen molar-refractivity contribution in [2.24, 2.45) is 5.73 Å². The Kier molecular flexibility index (Phi) is 6.32. The number of aromatic nitrogens is 2. The zero-order valence-corrected chi connectivity index (χ0v) is 17.6. The van der Waals surface area contributed by atoms with Crippen LogP contribution in [0.2, 0.25) is 0 Å². The second-order valence-corrected chi connectivity index (χ2v) is 7.54. The van der Waals surface area contributed by atoms with Gasteiger partial charge in [0.2, 0.25) is 5.89 Å². The number of nitrogens with two attached hydrogens (primary N) is 1. The number of hydrogen-bond donors (Lipinski definition) is 3. The van der Waals surface area contributed by atoms with Crippen molar-refractivity contribution in [1.82, 2.24) is 15.3 Å². The van der Waals surface area contributed by atoms with Gasteiger partial charge in [-0.3, -0.25) is 4.79 Å². The third-order valence-corrected chi connectivity index (χ3v) is 5.06. The first-order chi connectivity index (χ1) is 15.5.